The molecule has 0 unspecified atom stereocenters. The van der Waals surface area contributed by atoms with Crippen LogP contribution in [0.2, 0.25) is 0 Å². The van der Waals surface area contributed by atoms with Crippen molar-refractivity contribution >= 4 is 28.0 Å². The fraction of sp³-hybridized carbons (Fsp3) is 0.682. The van der Waals surface area contributed by atoms with E-state index < -0.39 is 0 Å². The summed E-state index contributed by atoms with van der Waals surface area (Å²) in [5.74, 6) is 0. The van der Waals surface area contributed by atoms with Crippen LogP contribution in [0.1, 0.15) is 70.7 Å². The van der Waals surface area contributed by atoms with E-state index in [-0.39, 0.29) is 22.4 Å². The maximum Gasteiger partial charge on any atom is 0.332 e. The predicted molar refractivity (Wildman–Crippen MR) is 126 cm³/mol. The maximum absolute atomic E-state index is 13.1. The van der Waals surface area contributed by atoms with Gasteiger partial charge in [-0.05, 0) is 66.5 Å². The Kier molecular flexibility index (Phi) is 8.24. The average molecular weight is 453 g/mol. The van der Waals surface area contributed by atoms with Gasteiger partial charge in [0.15, 0.2) is 0 Å². The molecular formula is C22H36N4O4S. The Hall–Kier alpha value is -1.97. The van der Waals surface area contributed by atoms with Gasteiger partial charge in [-0.2, -0.15) is 0 Å². The smallest absolute Gasteiger partial charge is 0.332 e. The number of unbranched alkanes of at least 4 members (excludes halogenated alkanes) is 1. The molecule has 9 heteroatoms. The molecule has 0 aromatic carbocycles. The van der Waals surface area contributed by atoms with Crippen LogP contribution in [0.4, 0.5) is 0 Å². The first-order chi connectivity index (χ1) is 14.5. The lowest BCUT2D eigenvalue weighted by Gasteiger charge is -2.16. The van der Waals surface area contributed by atoms with Gasteiger partial charge in [-0.25, -0.2) is 4.79 Å². The minimum Gasteiger partial charge on any atom is -0.462 e. The van der Waals surface area contributed by atoms with E-state index in [9.17, 15) is 14.4 Å². The van der Waals surface area contributed by atoms with Crippen molar-refractivity contribution in [3.63, 3.8) is 0 Å². The van der Waals surface area contributed by atoms with Crippen LogP contribution < -0.4 is 22.1 Å². The summed E-state index contributed by atoms with van der Waals surface area (Å²) in [6.45, 7) is 13.3. The summed E-state index contributed by atoms with van der Waals surface area (Å²) >= 11 is 1.56. The third kappa shape index (κ3) is 5.84. The van der Waals surface area contributed by atoms with Gasteiger partial charge in [-0.15, -0.1) is 11.3 Å². The van der Waals surface area contributed by atoms with Gasteiger partial charge in [0.25, 0.3) is 12.0 Å². The zero-order valence-corrected chi connectivity index (χ0v) is 20.6. The zero-order chi connectivity index (χ0) is 23.4. The van der Waals surface area contributed by atoms with Crippen LogP contribution in [0.25, 0.3) is 10.2 Å². The Balaban J connectivity index is 0.000000423. The molecule has 2 heterocycles. The highest BCUT2D eigenvalue weighted by atomic mass is 32.1. The fourth-order valence-electron chi connectivity index (χ4n) is 3.27. The van der Waals surface area contributed by atoms with E-state index in [0.717, 1.165) is 46.3 Å². The molecule has 0 atom stereocenters. The predicted octanol–water partition coefficient (Wildman–Crippen LogP) is 3.02. The summed E-state index contributed by atoms with van der Waals surface area (Å²) in [5.41, 5.74) is 6.11. The van der Waals surface area contributed by atoms with Gasteiger partial charge in [0.1, 0.15) is 10.4 Å². The van der Waals surface area contributed by atoms with E-state index >= 15 is 0 Å². The second-order valence-electron chi connectivity index (χ2n) is 9.19. The maximum atomic E-state index is 13.1. The molecule has 1 aliphatic carbocycles. The number of carbonyl (C=O) groups is 1. The monoisotopic (exact) mass is 452 g/mol. The SMILES string of the molecule is CC(C)(C)OC=O.CCCCn1c(=O)n(C2(C)CC2)c(=O)c2c(C)c(CNNC)sc21. The average Bonchev–Trinajstić information content (AvgIpc) is 3.32. The Bertz CT molecular complexity index is 1030. The van der Waals surface area contributed by atoms with Crippen molar-refractivity contribution in [2.75, 3.05) is 7.05 Å². The molecule has 2 aromatic rings. The lowest BCUT2D eigenvalue weighted by Crippen LogP contribution is -2.44. The number of hydrazine groups is 1. The zero-order valence-electron chi connectivity index (χ0n) is 19.8. The van der Waals surface area contributed by atoms with E-state index in [2.05, 4.69) is 22.5 Å². The Labute approximate surface area is 187 Å². The van der Waals surface area contributed by atoms with Gasteiger partial charge in [0.2, 0.25) is 0 Å². The first kappa shape index (κ1) is 25.3. The molecule has 1 aliphatic rings. The fourth-order valence-corrected chi connectivity index (χ4v) is 4.52. The van der Waals surface area contributed by atoms with Gasteiger partial charge < -0.3 is 4.74 Å². The molecule has 0 bridgehead atoms. The lowest BCUT2D eigenvalue weighted by atomic mass is 10.2. The van der Waals surface area contributed by atoms with Gasteiger partial charge >= 0.3 is 5.69 Å². The lowest BCUT2D eigenvalue weighted by molar-refractivity contribution is -0.138. The van der Waals surface area contributed by atoms with Crippen LogP contribution in [-0.4, -0.2) is 28.3 Å². The summed E-state index contributed by atoms with van der Waals surface area (Å²) in [6.07, 6.45) is 3.76. The molecule has 2 N–H and O–H groups in total. The number of hydrogen-bond donors (Lipinski definition) is 2. The van der Waals surface area contributed by atoms with Gasteiger partial charge in [-0.3, -0.25) is 29.6 Å². The van der Waals surface area contributed by atoms with Crippen LogP contribution in [0.5, 0.6) is 0 Å². The molecule has 2 aromatic heterocycles. The molecule has 1 fully saturated rings. The van der Waals surface area contributed by atoms with Crippen LogP contribution in [-0.2, 0) is 28.2 Å². The molecule has 8 nitrogen and oxygen atoms in total. The second-order valence-corrected chi connectivity index (χ2v) is 10.3. The Morgan fingerprint density at radius 1 is 1.26 bits per heavy atom. The molecule has 1 saturated carbocycles. The summed E-state index contributed by atoms with van der Waals surface area (Å²) in [6, 6.07) is 0. The topological polar surface area (TPSA) is 94.4 Å². The van der Waals surface area contributed by atoms with E-state index in [4.69, 9.17) is 0 Å². The van der Waals surface area contributed by atoms with Crippen LogP contribution in [0.3, 0.4) is 0 Å². The van der Waals surface area contributed by atoms with Crippen molar-refractivity contribution in [1.82, 2.24) is 20.0 Å². The van der Waals surface area contributed by atoms with Gasteiger partial charge in [0, 0.05) is 18.0 Å². The minimum absolute atomic E-state index is 0.118. The van der Waals surface area contributed by atoms with Crippen molar-refractivity contribution < 1.29 is 9.53 Å². The summed E-state index contributed by atoms with van der Waals surface area (Å²) in [5, 5.41) is 0.719. The highest BCUT2D eigenvalue weighted by Gasteiger charge is 2.42. The largest absolute Gasteiger partial charge is 0.462 e. The quantitative estimate of drug-likeness (QED) is 0.472. The molecule has 31 heavy (non-hydrogen) atoms. The first-order valence-corrected chi connectivity index (χ1v) is 11.6. The highest BCUT2D eigenvalue weighted by Crippen LogP contribution is 2.41. The van der Waals surface area contributed by atoms with Gasteiger partial charge in [-0.1, -0.05) is 13.3 Å². The Morgan fingerprint density at radius 3 is 2.35 bits per heavy atom. The molecule has 0 radical (unpaired) electrons. The number of nitrogens with zero attached hydrogens (tertiary/aromatic N) is 2. The molecule has 0 spiro atoms. The van der Waals surface area contributed by atoms with E-state index in [1.807, 2.05) is 46.2 Å². The Morgan fingerprint density at radius 2 is 1.90 bits per heavy atom. The number of carbonyl (C=O) groups excluding carboxylic acids is 1. The summed E-state index contributed by atoms with van der Waals surface area (Å²) in [4.78, 5) is 37.6. The van der Waals surface area contributed by atoms with Crippen molar-refractivity contribution in [3.05, 3.63) is 31.3 Å². The third-order valence-electron chi connectivity index (χ3n) is 5.39. The van der Waals surface area contributed by atoms with E-state index in [0.29, 0.717) is 19.6 Å². The molecule has 174 valence electrons. The second kappa shape index (κ2) is 10.1. The van der Waals surface area contributed by atoms with Crippen molar-refractivity contribution in [2.24, 2.45) is 0 Å². The summed E-state index contributed by atoms with van der Waals surface area (Å²) in [7, 11) is 1.82. The first-order valence-electron chi connectivity index (χ1n) is 10.8. The minimum atomic E-state index is -0.318. The van der Waals surface area contributed by atoms with Crippen molar-refractivity contribution in [2.45, 2.75) is 91.5 Å². The summed E-state index contributed by atoms with van der Waals surface area (Å²) < 4.78 is 7.89. The van der Waals surface area contributed by atoms with Crippen molar-refractivity contribution in [1.29, 1.82) is 0 Å². The number of rotatable bonds is 8. The molecule has 0 saturated heterocycles. The molecule has 0 amide bonds. The van der Waals surface area contributed by atoms with E-state index in [1.54, 1.807) is 11.3 Å². The number of aryl methyl sites for hydroxylation is 2. The number of fused-ring (bicyclic) bond motifs is 1. The molecule has 0 aliphatic heterocycles. The molecular weight excluding hydrogens is 416 g/mol. The normalized spacial score (nSPS) is 14.8. The highest BCUT2D eigenvalue weighted by molar-refractivity contribution is 7.18. The number of ether oxygens (including phenoxy) is 1. The number of nitrogens with one attached hydrogen (secondary N) is 2. The van der Waals surface area contributed by atoms with Crippen LogP contribution in [0, 0.1) is 6.92 Å². The number of aromatic nitrogens is 2. The van der Waals surface area contributed by atoms with E-state index in [1.165, 1.54) is 4.57 Å². The number of hydrogen-bond acceptors (Lipinski definition) is 7. The van der Waals surface area contributed by atoms with Crippen molar-refractivity contribution in [3.8, 4) is 0 Å². The third-order valence-corrected chi connectivity index (χ3v) is 6.70. The molecule has 3 rings (SSSR count). The van der Waals surface area contributed by atoms with Crippen LogP contribution in [0.15, 0.2) is 9.59 Å². The van der Waals surface area contributed by atoms with Crippen LogP contribution >= 0.6 is 11.3 Å². The number of thiophene rings is 1. The van der Waals surface area contributed by atoms with Gasteiger partial charge in [0.05, 0.1) is 10.9 Å². The standard InChI is InChI=1S/C17H26N4O2S.C5H10O2/c1-5-6-9-20-15-13(11(2)12(24-15)10-19-18-4)14(22)21(16(20)23)17(3)7-8-17;1-5(2,3)7-4-6/h18-19H,5-10H2,1-4H3;4H,1-3H3.